The summed E-state index contributed by atoms with van der Waals surface area (Å²) in [6.45, 7) is 3.76. The number of hydrogen-bond acceptors (Lipinski definition) is 4. The van der Waals surface area contributed by atoms with E-state index < -0.39 is 18.0 Å². The number of amides is 3. The Balaban J connectivity index is 2.16. The molecule has 0 radical (unpaired) electrons. The zero-order valence-corrected chi connectivity index (χ0v) is 15.3. The lowest BCUT2D eigenvalue weighted by molar-refractivity contribution is -0.129. The molecule has 2 aromatic rings. The first-order valence-corrected chi connectivity index (χ1v) is 8.56. The quantitative estimate of drug-likeness (QED) is 0.540. The van der Waals surface area contributed by atoms with Crippen molar-refractivity contribution < 1.29 is 14.7 Å². The van der Waals surface area contributed by atoms with E-state index in [9.17, 15) is 14.7 Å². The molecule has 0 spiro atoms. The summed E-state index contributed by atoms with van der Waals surface area (Å²) in [5.74, 6) is -0.382. The van der Waals surface area contributed by atoms with Gasteiger partial charge in [0.05, 0.1) is 0 Å². The van der Waals surface area contributed by atoms with Crippen molar-refractivity contribution in [2.75, 3.05) is 11.9 Å². The third-order valence-corrected chi connectivity index (χ3v) is 4.08. The predicted molar refractivity (Wildman–Crippen MR) is 102 cm³/mol. The second-order valence-corrected chi connectivity index (χ2v) is 6.02. The Hall–Kier alpha value is -3.53. The third-order valence-electron chi connectivity index (χ3n) is 4.08. The highest BCUT2D eigenvalue weighted by Crippen LogP contribution is 2.14. The SMILES string of the molecule is CCN(C#N)C(=O)C(Cc1ccc(O)cc1)NC(=O)Nc1ccccc1C. The van der Waals surface area contributed by atoms with Crippen LogP contribution in [-0.2, 0) is 11.2 Å². The van der Waals surface area contributed by atoms with Crippen molar-refractivity contribution in [3.8, 4) is 11.9 Å². The molecule has 0 bridgehead atoms. The summed E-state index contributed by atoms with van der Waals surface area (Å²) in [6.07, 6.45) is 2.02. The highest BCUT2D eigenvalue weighted by atomic mass is 16.3. The number of aryl methyl sites for hydroxylation is 1. The fourth-order valence-corrected chi connectivity index (χ4v) is 2.56. The van der Waals surface area contributed by atoms with E-state index in [1.165, 1.54) is 12.1 Å². The number of nitriles is 1. The number of nitrogens with one attached hydrogen (secondary N) is 2. The molecule has 0 saturated carbocycles. The van der Waals surface area contributed by atoms with Gasteiger partial charge in [-0.25, -0.2) is 9.69 Å². The van der Waals surface area contributed by atoms with Crippen molar-refractivity contribution in [1.29, 1.82) is 5.26 Å². The topological polar surface area (TPSA) is 105 Å². The fraction of sp³-hybridized carbons (Fsp3) is 0.250. The molecule has 0 aliphatic rings. The van der Waals surface area contributed by atoms with Crippen LogP contribution in [0.1, 0.15) is 18.1 Å². The molecule has 7 nitrogen and oxygen atoms in total. The van der Waals surface area contributed by atoms with Gasteiger partial charge >= 0.3 is 6.03 Å². The van der Waals surface area contributed by atoms with Crippen molar-refractivity contribution in [2.24, 2.45) is 0 Å². The number of urea groups is 1. The van der Waals surface area contributed by atoms with Gasteiger partial charge in [0.2, 0.25) is 0 Å². The van der Waals surface area contributed by atoms with Gasteiger partial charge < -0.3 is 15.7 Å². The summed E-state index contributed by atoms with van der Waals surface area (Å²) >= 11 is 0. The molecule has 1 unspecified atom stereocenters. The van der Waals surface area contributed by atoms with Gasteiger partial charge in [-0.2, -0.15) is 5.26 Å². The standard InChI is InChI=1S/C20H22N4O3/c1-3-24(13-21)19(26)18(12-15-8-10-16(25)11-9-15)23-20(27)22-17-7-5-4-6-14(17)2/h4-11,18,25H,3,12H2,1-2H3,(H2,22,23,27). The second kappa shape index (κ2) is 9.25. The van der Waals surface area contributed by atoms with Crippen LogP contribution >= 0.6 is 0 Å². The molecule has 1 atom stereocenters. The third kappa shape index (κ3) is 5.47. The van der Waals surface area contributed by atoms with Crippen LogP contribution in [0.4, 0.5) is 10.5 Å². The minimum absolute atomic E-state index is 0.110. The molecule has 2 rings (SSSR count). The van der Waals surface area contributed by atoms with Gasteiger partial charge in [0, 0.05) is 18.7 Å². The molecule has 0 heterocycles. The lowest BCUT2D eigenvalue weighted by atomic mass is 10.0. The van der Waals surface area contributed by atoms with E-state index in [0.717, 1.165) is 16.0 Å². The largest absolute Gasteiger partial charge is 0.508 e. The van der Waals surface area contributed by atoms with Crippen LogP contribution in [0.15, 0.2) is 48.5 Å². The van der Waals surface area contributed by atoms with Crippen molar-refractivity contribution in [3.05, 3.63) is 59.7 Å². The van der Waals surface area contributed by atoms with E-state index in [1.54, 1.807) is 31.2 Å². The van der Waals surface area contributed by atoms with Crippen molar-refractivity contribution in [2.45, 2.75) is 26.3 Å². The van der Waals surface area contributed by atoms with Gasteiger partial charge in [-0.15, -0.1) is 0 Å². The maximum Gasteiger partial charge on any atom is 0.319 e. The van der Waals surface area contributed by atoms with Crippen LogP contribution in [0.5, 0.6) is 5.75 Å². The first kappa shape index (κ1) is 19.8. The van der Waals surface area contributed by atoms with Crippen LogP contribution in [0.25, 0.3) is 0 Å². The van der Waals surface area contributed by atoms with Crippen LogP contribution in [0.3, 0.4) is 0 Å². The second-order valence-electron chi connectivity index (χ2n) is 6.02. The molecule has 2 aromatic carbocycles. The number of rotatable bonds is 6. The maximum absolute atomic E-state index is 12.6. The maximum atomic E-state index is 12.6. The summed E-state index contributed by atoms with van der Waals surface area (Å²) in [5, 5.41) is 23.9. The Labute approximate surface area is 158 Å². The summed E-state index contributed by atoms with van der Waals surface area (Å²) in [5.41, 5.74) is 2.27. The minimum Gasteiger partial charge on any atom is -0.508 e. The molecular formula is C20H22N4O3. The van der Waals surface area contributed by atoms with Crippen molar-refractivity contribution in [1.82, 2.24) is 10.2 Å². The average Bonchev–Trinajstić information content (AvgIpc) is 2.65. The summed E-state index contributed by atoms with van der Waals surface area (Å²) < 4.78 is 0. The van der Waals surface area contributed by atoms with Crippen LogP contribution in [-0.4, -0.2) is 34.5 Å². The number of phenolic OH excluding ortho intramolecular Hbond substituents is 1. The molecule has 0 saturated heterocycles. The molecular weight excluding hydrogens is 344 g/mol. The Morgan fingerprint density at radius 3 is 2.44 bits per heavy atom. The molecule has 0 aromatic heterocycles. The molecule has 7 heteroatoms. The van der Waals surface area contributed by atoms with Gasteiger partial charge in [0.1, 0.15) is 11.8 Å². The molecule has 0 aliphatic carbocycles. The van der Waals surface area contributed by atoms with Gasteiger partial charge in [-0.1, -0.05) is 30.3 Å². The normalized spacial score (nSPS) is 11.1. The van der Waals surface area contributed by atoms with E-state index in [1.807, 2.05) is 25.2 Å². The smallest absolute Gasteiger partial charge is 0.319 e. The molecule has 27 heavy (non-hydrogen) atoms. The first-order valence-electron chi connectivity index (χ1n) is 8.56. The number of aromatic hydroxyl groups is 1. The molecule has 140 valence electrons. The van der Waals surface area contributed by atoms with E-state index in [2.05, 4.69) is 10.6 Å². The summed E-state index contributed by atoms with van der Waals surface area (Å²) in [7, 11) is 0. The summed E-state index contributed by atoms with van der Waals surface area (Å²) in [4.78, 5) is 26.0. The number of carbonyl (C=O) groups is 2. The van der Waals surface area contributed by atoms with Gasteiger partial charge in [-0.3, -0.25) is 4.79 Å². The van der Waals surface area contributed by atoms with E-state index in [-0.39, 0.29) is 18.7 Å². The predicted octanol–water partition coefficient (Wildman–Crippen LogP) is 2.76. The zero-order chi connectivity index (χ0) is 19.8. The molecule has 3 N–H and O–H groups in total. The lowest BCUT2D eigenvalue weighted by Gasteiger charge is -2.22. The van der Waals surface area contributed by atoms with E-state index >= 15 is 0 Å². The molecule has 0 aliphatic heterocycles. The summed E-state index contributed by atoms with van der Waals surface area (Å²) in [6, 6.07) is 12.2. The van der Waals surface area contributed by atoms with Gasteiger partial charge in [0.15, 0.2) is 6.19 Å². The number of para-hydroxylation sites is 1. The number of hydrogen-bond donors (Lipinski definition) is 3. The van der Waals surface area contributed by atoms with Crippen LogP contribution < -0.4 is 10.6 Å². The minimum atomic E-state index is -0.918. The van der Waals surface area contributed by atoms with Crippen molar-refractivity contribution in [3.63, 3.8) is 0 Å². The lowest BCUT2D eigenvalue weighted by Crippen LogP contribution is -2.49. The number of likely N-dealkylation sites (N-methyl/N-ethyl adjacent to an activating group) is 1. The number of phenols is 1. The highest BCUT2D eigenvalue weighted by Gasteiger charge is 2.26. The molecule has 3 amide bonds. The van der Waals surface area contributed by atoms with Crippen molar-refractivity contribution >= 4 is 17.6 Å². The highest BCUT2D eigenvalue weighted by molar-refractivity contribution is 5.94. The van der Waals surface area contributed by atoms with Gasteiger partial charge in [0.25, 0.3) is 5.91 Å². The molecule has 0 fully saturated rings. The van der Waals surface area contributed by atoms with E-state index in [4.69, 9.17) is 5.26 Å². The number of nitrogens with zero attached hydrogens (tertiary/aromatic N) is 2. The Bertz CT molecular complexity index is 843. The monoisotopic (exact) mass is 366 g/mol. The van der Waals surface area contributed by atoms with Crippen LogP contribution in [0, 0.1) is 18.4 Å². The van der Waals surface area contributed by atoms with E-state index in [0.29, 0.717) is 5.69 Å². The Kier molecular flexibility index (Phi) is 6.78. The number of benzene rings is 2. The first-order chi connectivity index (χ1) is 12.9. The Morgan fingerprint density at radius 2 is 1.85 bits per heavy atom. The fourth-order valence-electron chi connectivity index (χ4n) is 2.56. The van der Waals surface area contributed by atoms with Gasteiger partial charge in [-0.05, 0) is 43.2 Å². The number of carbonyl (C=O) groups excluding carboxylic acids is 2. The zero-order valence-electron chi connectivity index (χ0n) is 15.3. The Morgan fingerprint density at radius 1 is 1.19 bits per heavy atom. The van der Waals surface area contributed by atoms with Crippen LogP contribution in [0.2, 0.25) is 0 Å². The average molecular weight is 366 g/mol. The number of anilines is 1.